The number of esters is 1. The third-order valence-electron chi connectivity index (χ3n) is 5.08. The molecule has 0 spiro atoms. The number of nitrogens with zero attached hydrogens (tertiary/aromatic N) is 3. The first-order valence-electron chi connectivity index (χ1n) is 10.5. The van der Waals surface area contributed by atoms with Gasteiger partial charge < -0.3 is 4.74 Å². The van der Waals surface area contributed by atoms with Gasteiger partial charge in [-0.1, -0.05) is 48.5 Å². The van der Waals surface area contributed by atoms with Crippen molar-refractivity contribution < 1.29 is 14.3 Å². The minimum absolute atomic E-state index is 0.00401. The lowest BCUT2D eigenvalue weighted by Crippen LogP contribution is -2.22. The van der Waals surface area contributed by atoms with Crippen LogP contribution < -0.4 is 4.90 Å². The zero-order chi connectivity index (χ0) is 23.5. The van der Waals surface area contributed by atoms with Crippen LogP contribution in [0.2, 0.25) is 0 Å². The summed E-state index contributed by atoms with van der Waals surface area (Å²) in [7, 11) is 0. The summed E-state index contributed by atoms with van der Waals surface area (Å²) in [5, 5.41) is 3.09. The van der Waals surface area contributed by atoms with Gasteiger partial charge >= 0.3 is 5.97 Å². The molecule has 0 atom stereocenters. The zero-order valence-corrected chi connectivity index (χ0v) is 19.8. The molecule has 34 heavy (non-hydrogen) atoms. The van der Waals surface area contributed by atoms with Gasteiger partial charge in [-0.3, -0.25) is 9.69 Å². The van der Waals surface area contributed by atoms with Crippen molar-refractivity contribution in [1.82, 2.24) is 9.97 Å². The Morgan fingerprint density at radius 3 is 2.44 bits per heavy atom. The van der Waals surface area contributed by atoms with Crippen molar-refractivity contribution in [2.24, 2.45) is 0 Å². The lowest BCUT2D eigenvalue weighted by Gasteiger charge is -2.17. The largest absolute Gasteiger partial charge is 0.456 e. The second-order valence-corrected chi connectivity index (χ2v) is 9.29. The van der Waals surface area contributed by atoms with E-state index in [9.17, 15) is 9.59 Å². The van der Waals surface area contributed by atoms with E-state index >= 15 is 0 Å². The smallest absolute Gasteiger partial charge is 0.339 e. The van der Waals surface area contributed by atoms with Crippen LogP contribution >= 0.6 is 22.7 Å². The molecular formula is C26H19N3O3S2. The van der Waals surface area contributed by atoms with Gasteiger partial charge in [-0.2, -0.15) is 0 Å². The summed E-state index contributed by atoms with van der Waals surface area (Å²) in [4.78, 5) is 35.9. The zero-order valence-electron chi connectivity index (χ0n) is 18.2. The summed E-state index contributed by atoms with van der Waals surface area (Å²) in [6, 6.07) is 24.5. The molecule has 0 saturated heterocycles. The highest BCUT2D eigenvalue weighted by molar-refractivity contribution is 7.21. The second kappa shape index (κ2) is 9.54. The Morgan fingerprint density at radius 1 is 0.912 bits per heavy atom. The number of fused-ring (bicyclic) bond motifs is 1. The van der Waals surface area contributed by atoms with Gasteiger partial charge in [0.15, 0.2) is 5.13 Å². The number of benzene rings is 3. The molecule has 0 radical (unpaired) electrons. The monoisotopic (exact) mass is 485 g/mol. The van der Waals surface area contributed by atoms with Crippen LogP contribution in [0.1, 0.15) is 23.0 Å². The summed E-state index contributed by atoms with van der Waals surface area (Å²) in [5.74, 6) is -0.593. The number of anilines is 2. The highest BCUT2D eigenvalue weighted by Crippen LogP contribution is 2.33. The van der Waals surface area contributed by atoms with Crippen molar-refractivity contribution in [2.75, 3.05) is 4.90 Å². The van der Waals surface area contributed by atoms with E-state index in [0.717, 1.165) is 26.5 Å². The SMILES string of the molecule is CC(=O)N(c1ccccc1)c1nc(COC(=O)c2ccccc2-c2nc3ccccc3s2)cs1. The summed E-state index contributed by atoms with van der Waals surface area (Å²) < 4.78 is 6.65. The Labute approximate surface area is 204 Å². The highest BCUT2D eigenvalue weighted by Gasteiger charge is 2.20. The van der Waals surface area contributed by atoms with E-state index in [2.05, 4.69) is 9.97 Å². The molecule has 168 valence electrons. The number of para-hydroxylation sites is 2. The molecule has 0 aliphatic heterocycles. The van der Waals surface area contributed by atoms with E-state index in [0.29, 0.717) is 16.4 Å². The molecule has 6 nitrogen and oxygen atoms in total. The first-order valence-corrected chi connectivity index (χ1v) is 12.2. The third kappa shape index (κ3) is 4.46. The predicted molar refractivity (Wildman–Crippen MR) is 136 cm³/mol. The van der Waals surface area contributed by atoms with Gasteiger partial charge in [-0.15, -0.1) is 22.7 Å². The molecule has 5 aromatic rings. The minimum atomic E-state index is -0.448. The Morgan fingerprint density at radius 2 is 1.65 bits per heavy atom. The van der Waals surface area contributed by atoms with Crippen LogP contribution in [0.5, 0.6) is 0 Å². The molecule has 2 aromatic heterocycles. The summed E-state index contributed by atoms with van der Waals surface area (Å²) >= 11 is 2.86. The molecule has 0 fully saturated rings. The topological polar surface area (TPSA) is 72.4 Å². The Kier molecular flexibility index (Phi) is 6.16. The maximum absolute atomic E-state index is 13.0. The molecule has 0 unspecified atom stereocenters. The number of aromatic nitrogens is 2. The van der Waals surface area contributed by atoms with Gasteiger partial charge in [0.1, 0.15) is 11.6 Å². The highest BCUT2D eigenvalue weighted by atomic mass is 32.1. The molecule has 8 heteroatoms. The van der Waals surface area contributed by atoms with Crippen molar-refractivity contribution in [3.63, 3.8) is 0 Å². The Balaban J connectivity index is 1.34. The fourth-order valence-electron chi connectivity index (χ4n) is 3.52. The first kappa shape index (κ1) is 21.9. The number of hydrogen-bond donors (Lipinski definition) is 0. The summed E-state index contributed by atoms with van der Waals surface area (Å²) in [6.45, 7) is 1.50. The van der Waals surface area contributed by atoms with Crippen LogP contribution in [0, 0.1) is 0 Å². The minimum Gasteiger partial charge on any atom is -0.456 e. The molecule has 5 rings (SSSR count). The van der Waals surface area contributed by atoms with Crippen LogP contribution in [-0.2, 0) is 16.1 Å². The first-order chi connectivity index (χ1) is 16.6. The van der Waals surface area contributed by atoms with Gasteiger partial charge in [-0.05, 0) is 30.3 Å². The van der Waals surface area contributed by atoms with Crippen molar-refractivity contribution in [3.05, 3.63) is 95.5 Å². The van der Waals surface area contributed by atoms with Crippen LogP contribution in [-0.4, -0.2) is 21.8 Å². The standard InChI is InChI=1S/C26H19N3O3S2/c1-17(30)29(19-9-3-2-4-10-19)26-27-18(16-33-26)15-32-25(31)21-12-6-5-11-20(21)24-28-22-13-7-8-14-23(22)34-24/h2-14,16H,15H2,1H3. The molecular weight excluding hydrogens is 466 g/mol. The molecule has 2 heterocycles. The molecule has 3 aromatic carbocycles. The van der Waals surface area contributed by atoms with Gasteiger partial charge in [0.05, 0.1) is 27.2 Å². The van der Waals surface area contributed by atoms with Gasteiger partial charge in [-0.25, -0.2) is 14.8 Å². The van der Waals surface area contributed by atoms with Crippen LogP contribution in [0.25, 0.3) is 20.8 Å². The molecule has 0 saturated carbocycles. The van der Waals surface area contributed by atoms with Gasteiger partial charge in [0.25, 0.3) is 0 Å². The van der Waals surface area contributed by atoms with Crippen molar-refractivity contribution in [3.8, 4) is 10.6 Å². The van der Waals surface area contributed by atoms with E-state index in [1.807, 2.05) is 66.7 Å². The predicted octanol–water partition coefficient (Wildman–Crippen LogP) is 6.46. The molecule has 0 N–H and O–H groups in total. The number of carbonyl (C=O) groups is 2. The Bertz CT molecular complexity index is 1440. The molecule has 0 aliphatic rings. The van der Waals surface area contributed by atoms with E-state index in [-0.39, 0.29) is 12.5 Å². The number of ether oxygens (including phenoxy) is 1. The van der Waals surface area contributed by atoms with E-state index in [1.54, 1.807) is 22.4 Å². The van der Waals surface area contributed by atoms with Gasteiger partial charge in [0.2, 0.25) is 5.91 Å². The van der Waals surface area contributed by atoms with Crippen LogP contribution in [0.15, 0.2) is 84.2 Å². The van der Waals surface area contributed by atoms with Crippen molar-refractivity contribution >= 4 is 55.6 Å². The average molecular weight is 486 g/mol. The van der Waals surface area contributed by atoms with Crippen LogP contribution in [0.4, 0.5) is 10.8 Å². The third-order valence-corrected chi connectivity index (χ3v) is 7.03. The molecule has 0 aliphatic carbocycles. The molecule has 1 amide bonds. The number of carbonyl (C=O) groups excluding carboxylic acids is 2. The summed E-state index contributed by atoms with van der Waals surface area (Å²) in [6.07, 6.45) is 0. The normalized spacial score (nSPS) is 10.9. The van der Waals surface area contributed by atoms with Crippen molar-refractivity contribution in [1.29, 1.82) is 0 Å². The quantitative estimate of drug-likeness (QED) is 0.258. The molecule has 0 bridgehead atoms. The lowest BCUT2D eigenvalue weighted by molar-refractivity contribution is -0.115. The fourth-order valence-corrected chi connectivity index (χ4v) is 5.40. The van der Waals surface area contributed by atoms with Crippen LogP contribution in [0.3, 0.4) is 0 Å². The second-order valence-electron chi connectivity index (χ2n) is 7.42. The van der Waals surface area contributed by atoms with E-state index in [1.165, 1.54) is 29.6 Å². The van der Waals surface area contributed by atoms with E-state index in [4.69, 9.17) is 4.74 Å². The van der Waals surface area contributed by atoms with E-state index < -0.39 is 5.97 Å². The van der Waals surface area contributed by atoms with Crippen molar-refractivity contribution in [2.45, 2.75) is 13.5 Å². The lowest BCUT2D eigenvalue weighted by atomic mass is 10.1. The van der Waals surface area contributed by atoms with Gasteiger partial charge in [0, 0.05) is 17.9 Å². The maximum atomic E-state index is 13.0. The summed E-state index contributed by atoms with van der Waals surface area (Å²) in [5.41, 5.74) is 3.39. The number of rotatable bonds is 6. The number of amides is 1. The fraction of sp³-hybridized carbons (Fsp3) is 0.0769. The maximum Gasteiger partial charge on any atom is 0.339 e. The Hall–Kier alpha value is -3.88. The number of hydrogen-bond acceptors (Lipinski definition) is 7. The average Bonchev–Trinajstić information content (AvgIpc) is 3.50. The number of thiazole rings is 2.